The molecule has 0 atom stereocenters. The zero-order valence-corrected chi connectivity index (χ0v) is 30.6. The summed E-state index contributed by atoms with van der Waals surface area (Å²) >= 11 is 0. The van der Waals surface area contributed by atoms with E-state index in [4.69, 9.17) is 19.2 Å². The molecule has 4 aromatic rings. The van der Waals surface area contributed by atoms with Gasteiger partial charge in [-0.25, -0.2) is 4.98 Å². The smallest absolute Gasteiger partial charge is 0.144 e. The second-order valence-corrected chi connectivity index (χ2v) is 12.6. The molecule has 0 aliphatic carbocycles. The van der Waals surface area contributed by atoms with Crippen molar-refractivity contribution in [1.29, 1.82) is 0 Å². The molecule has 1 heterocycles. The number of imidazole rings is 1. The second kappa shape index (κ2) is 20.1. The first-order valence-electron chi connectivity index (χ1n) is 18.6. The van der Waals surface area contributed by atoms with Gasteiger partial charge in [-0.05, 0) is 100 Å². The number of aryl methyl sites for hydroxylation is 2. The summed E-state index contributed by atoms with van der Waals surface area (Å²) in [6.07, 6.45) is 7.60. The van der Waals surface area contributed by atoms with Crippen LogP contribution in [0.1, 0.15) is 85.6 Å². The van der Waals surface area contributed by atoms with E-state index < -0.39 is 0 Å². The van der Waals surface area contributed by atoms with Gasteiger partial charge in [0, 0.05) is 31.8 Å². The zero-order valence-electron chi connectivity index (χ0n) is 30.6. The monoisotopic (exact) mass is 656 g/mol. The number of ether oxygens (including phenoxy) is 3. The summed E-state index contributed by atoms with van der Waals surface area (Å²) in [6.45, 7) is 21.8. The molecule has 262 valence electrons. The second-order valence-electron chi connectivity index (χ2n) is 12.6. The molecular formula is C41H60N4O3. The zero-order chi connectivity index (χ0) is 34.1. The number of rotatable bonds is 23. The molecule has 4 rings (SSSR count). The van der Waals surface area contributed by atoms with Crippen molar-refractivity contribution < 1.29 is 14.2 Å². The van der Waals surface area contributed by atoms with Crippen LogP contribution in [-0.2, 0) is 13.0 Å². The van der Waals surface area contributed by atoms with Crippen LogP contribution in [0.5, 0.6) is 23.0 Å². The highest BCUT2D eigenvalue weighted by Gasteiger charge is 2.19. The van der Waals surface area contributed by atoms with Crippen LogP contribution < -0.4 is 14.2 Å². The molecule has 0 unspecified atom stereocenters. The van der Waals surface area contributed by atoms with Gasteiger partial charge in [-0.1, -0.05) is 66.5 Å². The fourth-order valence-corrected chi connectivity index (χ4v) is 6.08. The van der Waals surface area contributed by atoms with Crippen LogP contribution in [0.15, 0.2) is 60.7 Å². The molecule has 7 nitrogen and oxygen atoms in total. The molecule has 0 N–H and O–H groups in total. The Bertz CT molecular complexity index is 1490. The first kappa shape index (κ1) is 37.3. The molecule has 0 bridgehead atoms. The average Bonchev–Trinajstić information content (AvgIpc) is 3.47. The summed E-state index contributed by atoms with van der Waals surface area (Å²) in [6, 6.07) is 21.0. The third-order valence-electron chi connectivity index (χ3n) is 9.18. The lowest BCUT2D eigenvalue weighted by atomic mass is 10.1. The molecule has 48 heavy (non-hydrogen) atoms. The molecule has 0 amide bonds. The molecule has 0 fully saturated rings. The van der Waals surface area contributed by atoms with E-state index in [2.05, 4.69) is 111 Å². The number of benzene rings is 3. The van der Waals surface area contributed by atoms with Crippen molar-refractivity contribution in [2.75, 3.05) is 52.5 Å². The first-order valence-corrected chi connectivity index (χ1v) is 18.6. The van der Waals surface area contributed by atoms with E-state index >= 15 is 0 Å². The van der Waals surface area contributed by atoms with E-state index in [1.165, 1.54) is 18.4 Å². The lowest BCUT2D eigenvalue weighted by Gasteiger charge is -2.19. The van der Waals surface area contributed by atoms with Crippen LogP contribution in [-0.4, -0.2) is 71.8 Å². The van der Waals surface area contributed by atoms with Crippen LogP contribution >= 0.6 is 0 Å². The van der Waals surface area contributed by atoms with Gasteiger partial charge in [-0.3, -0.25) is 0 Å². The highest BCUT2D eigenvalue weighted by Crippen LogP contribution is 2.37. The highest BCUT2D eigenvalue weighted by molar-refractivity contribution is 5.83. The molecule has 3 aromatic carbocycles. The van der Waals surface area contributed by atoms with E-state index in [1.54, 1.807) is 0 Å². The first-order chi connectivity index (χ1) is 23.5. The maximum absolute atomic E-state index is 6.55. The van der Waals surface area contributed by atoms with E-state index in [1.807, 2.05) is 6.07 Å². The minimum Gasteiger partial charge on any atom is -0.493 e. The van der Waals surface area contributed by atoms with Gasteiger partial charge >= 0.3 is 0 Å². The predicted octanol–water partition coefficient (Wildman–Crippen LogP) is 9.86. The molecular weight excluding hydrogens is 596 g/mol. The van der Waals surface area contributed by atoms with Crippen LogP contribution in [0.25, 0.3) is 22.4 Å². The number of aromatic nitrogens is 2. The molecule has 0 radical (unpaired) electrons. The normalized spacial score (nSPS) is 11.6. The van der Waals surface area contributed by atoms with Crippen molar-refractivity contribution in [2.24, 2.45) is 0 Å². The summed E-state index contributed by atoms with van der Waals surface area (Å²) in [5.74, 6) is 4.24. The van der Waals surface area contributed by atoms with Gasteiger partial charge in [0.25, 0.3) is 0 Å². The highest BCUT2D eigenvalue weighted by atomic mass is 16.5. The van der Waals surface area contributed by atoms with E-state index in [0.717, 1.165) is 123 Å². The Morgan fingerprint density at radius 1 is 0.625 bits per heavy atom. The Kier molecular flexibility index (Phi) is 15.6. The Morgan fingerprint density at radius 3 is 1.90 bits per heavy atom. The van der Waals surface area contributed by atoms with Crippen LogP contribution in [0.3, 0.4) is 0 Å². The molecule has 0 aliphatic heterocycles. The largest absolute Gasteiger partial charge is 0.493 e. The minimum atomic E-state index is 0.638. The van der Waals surface area contributed by atoms with Gasteiger partial charge in [-0.15, -0.1) is 0 Å². The topological polar surface area (TPSA) is 52.0 Å². The summed E-state index contributed by atoms with van der Waals surface area (Å²) < 4.78 is 21.5. The minimum absolute atomic E-state index is 0.638. The van der Waals surface area contributed by atoms with Gasteiger partial charge < -0.3 is 28.6 Å². The Hall–Kier alpha value is -3.55. The Morgan fingerprint density at radius 2 is 1.25 bits per heavy atom. The standard InChI is InChI=1S/C41H60N4O3/c1-7-13-17-33-18-20-34(21-19-33)48-36-23-25-38-39(31-36)45(28-14-8-2)41(42-38)37-24-22-35(46-29-15-26-43(9-3)10-4)32-40(37)47-30-16-27-44(11-5)12-6/h18-25,31-32H,7-17,26-30H2,1-6H3. The Balaban J connectivity index is 1.61. The van der Waals surface area contributed by atoms with Gasteiger partial charge in [0.15, 0.2) is 0 Å². The molecule has 0 saturated heterocycles. The van der Waals surface area contributed by atoms with Crippen molar-refractivity contribution in [3.05, 3.63) is 66.2 Å². The summed E-state index contributed by atoms with van der Waals surface area (Å²) in [7, 11) is 0. The molecule has 0 aliphatic rings. The van der Waals surface area contributed by atoms with Crippen LogP contribution in [0, 0.1) is 0 Å². The fourth-order valence-electron chi connectivity index (χ4n) is 6.08. The van der Waals surface area contributed by atoms with Crippen LogP contribution in [0.2, 0.25) is 0 Å². The number of hydrogen-bond acceptors (Lipinski definition) is 6. The van der Waals surface area contributed by atoms with E-state index in [-0.39, 0.29) is 0 Å². The van der Waals surface area contributed by atoms with Crippen molar-refractivity contribution in [3.63, 3.8) is 0 Å². The molecule has 0 saturated carbocycles. The third kappa shape index (κ3) is 10.7. The summed E-state index contributed by atoms with van der Waals surface area (Å²) in [5.41, 5.74) is 4.36. The summed E-state index contributed by atoms with van der Waals surface area (Å²) in [4.78, 5) is 10.0. The maximum atomic E-state index is 6.55. The fraction of sp³-hybridized carbons (Fsp3) is 0.537. The van der Waals surface area contributed by atoms with Crippen molar-refractivity contribution in [1.82, 2.24) is 19.4 Å². The van der Waals surface area contributed by atoms with E-state index in [0.29, 0.717) is 13.2 Å². The predicted molar refractivity (Wildman–Crippen MR) is 201 cm³/mol. The van der Waals surface area contributed by atoms with Crippen LogP contribution in [0.4, 0.5) is 0 Å². The van der Waals surface area contributed by atoms with Crippen molar-refractivity contribution in [2.45, 2.75) is 93.0 Å². The number of nitrogens with zero attached hydrogens (tertiary/aromatic N) is 4. The van der Waals surface area contributed by atoms with Crippen molar-refractivity contribution in [3.8, 4) is 34.4 Å². The Labute approximate surface area is 290 Å². The molecule has 7 heteroatoms. The lowest BCUT2D eigenvalue weighted by Crippen LogP contribution is -2.25. The number of fused-ring (bicyclic) bond motifs is 1. The lowest BCUT2D eigenvalue weighted by molar-refractivity contribution is 0.243. The molecule has 0 spiro atoms. The average molecular weight is 657 g/mol. The number of unbranched alkanes of at least 4 members (excludes halogenated alkanes) is 2. The van der Waals surface area contributed by atoms with Gasteiger partial charge in [0.05, 0.1) is 29.8 Å². The van der Waals surface area contributed by atoms with Gasteiger partial charge in [0.2, 0.25) is 0 Å². The van der Waals surface area contributed by atoms with E-state index in [9.17, 15) is 0 Å². The van der Waals surface area contributed by atoms with Crippen molar-refractivity contribution >= 4 is 11.0 Å². The third-order valence-corrected chi connectivity index (χ3v) is 9.18. The quantitative estimate of drug-likeness (QED) is 0.0741. The summed E-state index contributed by atoms with van der Waals surface area (Å²) in [5, 5.41) is 0. The SMILES string of the molecule is CCCCc1ccc(Oc2ccc3nc(-c4ccc(OCCCN(CC)CC)cc4OCCCN(CC)CC)n(CCCC)c3c2)cc1. The van der Waals surface area contributed by atoms with Gasteiger partial charge in [0.1, 0.15) is 28.8 Å². The molecule has 1 aromatic heterocycles. The number of hydrogen-bond donors (Lipinski definition) is 0. The maximum Gasteiger partial charge on any atom is 0.144 e. The van der Waals surface area contributed by atoms with Gasteiger partial charge in [-0.2, -0.15) is 0 Å².